The van der Waals surface area contributed by atoms with Gasteiger partial charge in [0.2, 0.25) is 0 Å². The number of hydrogen-bond donors (Lipinski definition) is 0. The van der Waals surface area contributed by atoms with Gasteiger partial charge in [-0.25, -0.2) is 0 Å². The van der Waals surface area contributed by atoms with Gasteiger partial charge in [0, 0.05) is 12.4 Å². The molecular weight excluding hydrogens is 328 g/mol. The minimum Gasteiger partial charge on any atom is -0.383 e. The van der Waals surface area contributed by atoms with Gasteiger partial charge < -0.3 is 4.74 Å². The Bertz CT molecular complexity index is 430. The van der Waals surface area contributed by atoms with Crippen LogP contribution in [0.2, 0.25) is 0 Å². The van der Waals surface area contributed by atoms with Crippen LogP contribution in [-0.2, 0) is 11.3 Å². The van der Waals surface area contributed by atoms with Gasteiger partial charge in [-0.2, -0.15) is 16.9 Å². The number of carbonyl (C=O) groups excluding carboxylic acids is 1. The molecule has 1 saturated carbocycles. The van der Waals surface area contributed by atoms with Crippen molar-refractivity contribution in [1.29, 1.82) is 0 Å². The second-order valence-corrected chi connectivity index (χ2v) is 6.84. The molecule has 0 aromatic carbocycles. The Morgan fingerprint density at radius 1 is 1.58 bits per heavy atom. The summed E-state index contributed by atoms with van der Waals surface area (Å²) in [5.41, 5.74) is 0.669. The van der Waals surface area contributed by atoms with Gasteiger partial charge in [0.1, 0.15) is 5.69 Å². The molecule has 0 atom stereocenters. The van der Waals surface area contributed by atoms with E-state index in [0.717, 1.165) is 4.47 Å². The van der Waals surface area contributed by atoms with Gasteiger partial charge in [-0.3, -0.25) is 9.48 Å². The average molecular weight is 347 g/mol. The summed E-state index contributed by atoms with van der Waals surface area (Å²) in [6, 6.07) is 0. The smallest absolute Gasteiger partial charge is 0.191 e. The van der Waals surface area contributed by atoms with E-state index in [-0.39, 0.29) is 5.78 Å². The number of hydrogen-bond acceptors (Lipinski definition) is 4. The molecule has 0 amide bonds. The van der Waals surface area contributed by atoms with E-state index in [1.807, 2.05) is 0 Å². The van der Waals surface area contributed by atoms with Gasteiger partial charge in [0.05, 0.1) is 29.6 Å². The number of thioether (sulfide) groups is 1. The lowest BCUT2D eigenvalue weighted by Crippen LogP contribution is -2.16. The Labute approximate surface area is 126 Å². The maximum Gasteiger partial charge on any atom is 0.191 e. The Balaban J connectivity index is 1.94. The van der Waals surface area contributed by atoms with Crippen LogP contribution in [0.1, 0.15) is 36.2 Å². The van der Waals surface area contributed by atoms with Crippen LogP contribution in [0.4, 0.5) is 0 Å². The molecule has 0 aliphatic heterocycles. The van der Waals surface area contributed by atoms with Crippen molar-refractivity contribution in [2.75, 3.05) is 19.5 Å². The minimum atomic E-state index is 0.150. The highest BCUT2D eigenvalue weighted by atomic mass is 79.9. The van der Waals surface area contributed by atoms with Gasteiger partial charge in [-0.1, -0.05) is 12.8 Å². The third-order valence-corrected chi connectivity index (χ3v) is 5.27. The number of ether oxygens (including phenoxy) is 1. The Morgan fingerprint density at radius 3 is 3.00 bits per heavy atom. The molecule has 2 rings (SSSR count). The van der Waals surface area contributed by atoms with Crippen LogP contribution in [0.15, 0.2) is 10.7 Å². The third-order valence-electron chi connectivity index (χ3n) is 3.32. The Hall–Kier alpha value is -0.330. The molecule has 6 heteroatoms. The van der Waals surface area contributed by atoms with E-state index in [2.05, 4.69) is 21.0 Å². The number of carbonyl (C=O) groups is 1. The van der Waals surface area contributed by atoms with Crippen molar-refractivity contribution >= 4 is 33.5 Å². The SMILES string of the molecule is COCCn1ncc(Br)c1C(=O)CSC1CCCC1. The lowest BCUT2D eigenvalue weighted by Gasteiger charge is -2.09. The van der Waals surface area contributed by atoms with E-state index in [1.165, 1.54) is 25.7 Å². The molecule has 1 aliphatic rings. The van der Waals surface area contributed by atoms with Gasteiger partial charge in [0.15, 0.2) is 5.78 Å². The van der Waals surface area contributed by atoms with Gasteiger partial charge in [-0.15, -0.1) is 0 Å². The summed E-state index contributed by atoms with van der Waals surface area (Å²) in [5, 5.41) is 4.88. The van der Waals surface area contributed by atoms with E-state index in [1.54, 1.807) is 29.8 Å². The van der Waals surface area contributed by atoms with Crippen LogP contribution < -0.4 is 0 Å². The van der Waals surface area contributed by atoms with Crippen LogP contribution in [0.3, 0.4) is 0 Å². The Morgan fingerprint density at radius 2 is 2.32 bits per heavy atom. The number of aromatic nitrogens is 2. The molecule has 0 N–H and O–H groups in total. The molecule has 0 radical (unpaired) electrons. The molecule has 4 nitrogen and oxygen atoms in total. The molecule has 0 bridgehead atoms. The van der Waals surface area contributed by atoms with E-state index in [0.29, 0.717) is 29.8 Å². The average Bonchev–Trinajstić information content (AvgIpc) is 3.03. The van der Waals surface area contributed by atoms with Crippen LogP contribution in [0.5, 0.6) is 0 Å². The first-order valence-electron chi connectivity index (χ1n) is 6.57. The summed E-state index contributed by atoms with van der Waals surface area (Å²) in [7, 11) is 1.65. The third kappa shape index (κ3) is 4.07. The quantitative estimate of drug-likeness (QED) is 0.711. The van der Waals surface area contributed by atoms with Gasteiger partial charge in [0.25, 0.3) is 0 Å². The zero-order valence-corrected chi connectivity index (χ0v) is 13.5. The van der Waals surface area contributed by atoms with Crippen molar-refractivity contribution in [3.63, 3.8) is 0 Å². The van der Waals surface area contributed by atoms with E-state index < -0.39 is 0 Å². The fraction of sp³-hybridized carbons (Fsp3) is 0.692. The molecule has 106 valence electrons. The number of nitrogens with zero attached hydrogens (tertiary/aromatic N) is 2. The van der Waals surface area contributed by atoms with E-state index in [4.69, 9.17) is 4.74 Å². The molecule has 0 spiro atoms. The maximum atomic E-state index is 12.3. The second kappa shape index (κ2) is 7.45. The van der Waals surface area contributed by atoms with Crippen molar-refractivity contribution in [2.45, 2.75) is 37.5 Å². The van der Waals surface area contributed by atoms with Crippen molar-refractivity contribution in [3.8, 4) is 0 Å². The maximum absolute atomic E-state index is 12.3. The molecule has 0 unspecified atom stereocenters. The van der Waals surface area contributed by atoms with Crippen LogP contribution >= 0.6 is 27.7 Å². The number of methoxy groups -OCH3 is 1. The number of ketones is 1. The summed E-state index contributed by atoms with van der Waals surface area (Å²) in [6.07, 6.45) is 6.80. The lowest BCUT2D eigenvalue weighted by atomic mass is 10.3. The van der Waals surface area contributed by atoms with Crippen LogP contribution in [-0.4, -0.2) is 40.3 Å². The summed E-state index contributed by atoms with van der Waals surface area (Å²) in [5.74, 6) is 0.694. The predicted octanol–water partition coefficient (Wildman–Crippen LogP) is 3.15. The predicted molar refractivity (Wildman–Crippen MR) is 80.8 cm³/mol. The summed E-state index contributed by atoms with van der Waals surface area (Å²) >= 11 is 5.20. The largest absolute Gasteiger partial charge is 0.383 e. The molecule has 1 aromatic heterocycles. The van der Waals surface area contributed by atoms with Crippen molar-refractivity contribution < 1.29 is 9.53 Å². The van der Waals surface area contributed by atoms with Gasteiger partial charge in [-0.05, 0) is 28.8 Å². The molecule has 1 aliphatic carbocycles. The first-order valence-corrected chi connectivity index (χ1v) is 8.41. The second-order valence-electron chi connectivity index (χ2n) is 4.70. The van der Waals surface area contributed by atoms with Crippen LogP contribution in [0.25, 0.3) is 0 Å². The van der Waals surface area contributed by atoms with Crippen molar-refractivity contribution in [1.82, 2.24) is 9.78 Å². The molecule has 1 aromatic rings. The summed E-state index contributed by atoms with van der Waals surface area (Å²) < 4.78 is 7.54. The number of halogens is 1. The summed E-state index contributed by atoms with van der Waals surface area (Å²) in [6.45, 7) is 1.17. The molecule has 1 fully saturated rings. The highest BCUT2D eigenvalue weighted by molar-refractivity contribution is 9.10. The molecule has 1 heterocycles. The van der Waals surface area contributed by atoms with Crippen LogP contribution in [0, 0.1) is 0 Å². The monoisotopic (exact) mass is 346 g/mol. The van der Waals surface area contributed by atoms with Crippen molar-refractivity contribution in [3.05, 3.63) is 16.4 Å². The zero-order chi connectivity index (χ0) is 13.7. The number of rotatable bonds is 7. The van der Waals surface area contributed by atoms with Crippen molar-refractivity contribution in [2.24, 2.45) is 0 Å². The molecule has 0 saturated heterocycles. The van der Waals surface area contributed by atoms with E-state index >= 15 is 0 Å². The molecule has 19 heavy (non-hydrogen) atoms. The normalized spacial score (nSPS) is 16.1. The van der Waals surface area contributed by atoms with Gasteiger partial charge >= 0.3 is 0 Å². The Kier molecular flexibility index (Phi) is 5.91. The lowest BCUT2D eigenvalue weighted by molar-refractivity contribution is 0.100. The zero-order valence-electron chi connectivity index (χ0n) is 11.1. The summed E-state index contributed by atoms with van der Waals surface area (Å²) in [4.78, 5) is 12.3. The topological polar surface area (TPSA) is 44.1 Å². The fourth-order valence-corrected chi connectivity index (χ4v) is 4.01. The number of Topliss-reactive ketones (excluding diaryl/α,β-unsaturated/α-hetero) is 1. The highest BCUT2D eigenvalue weighted by Crippen LogP contribution is 2.30. The first kappa shape index (κ1) is 15.1. The highest BCUT2D eigenvalue weighted by Gasteiger charge is 2.21. The first-order chi connectivity index (χ1) is 9.22. The molecular formula is C13H19BrN2O2S. The standard InChI is InChI=1S/C13H19BrN2O2S/c1-18-7-6-16-13(11(14)8-15-16)12(17)9-19-10-4-2-3-5-10/h8,10H,2-7,9H2,1H3. The fourth-order valence-electron chi connectivity index (χ4n) is 2.30. The van der Waals surface area contributed by atoms with E-state index in [9.17, 15) is 4.79 Å². The minimum absolute atomic E-state index is 0.150.